The number of hydrogen-bond donors (Lipinski definition) is 1. The number of amides is 2. The van der Waals surface area contributed by atoms with Gasteiger partial charge >= 0.3 is 0 Å². The lowest BCUT2D eigenvalue weighted by molar-refractivity contribution is -0.129. The van der Waals surface area contributed by atoms with Gasteiger partial charge in [0.25, 0.3) is 0 Å². The zero-order chi connectivity index (χ0) is 17.3. The summed E-state index contributed by atoms with van der Waals surface area (Å²) < 4.78 is 36.6. The maximum atomic E-state index is 13.7. The summed E-state index contributed by atoms with van der Waals surface area (Å²) in [6.07, 6.45) is 0.480. The zero-order valence-electron chi connectivity index (χ0n) is 13.1. The minimum absolute atomic E-state index is 0.0433. The third kappa shape index (κ3) is 3.75. The molecule has 2 aliphatic rings. The van der Waals surface area contributed by atoms with Crippen LogP contribution in [0.15, 0.2) is 24.3 Å². The summed E-state index contributed by atoms with van der Waals surface area (Å²) in [4.78, 5) is 25.8. The molecule has 2 unspecified atom stereocenters. The number of rotatable bonds is 4. The third-order valence-electron chi connectivity index (χ3n) is 4.48. The number of sulfone groups is 1. The van der Waals surface area contributed by atoms with Crippen LogP contribution in [-0.4, -0.2) is 49.2 Å². The number of halogens is 1. The smallest absolute Gasteiger partial charge is 0.225 e. The number of nitrogens with zero attached hydrogens (tertiary/aromatic N) is 1. The van der Waals surface area contributed by atoms with Crippen LogP contribution in [0.1, 0.15) is 18.4 Å². The van der Waals surface area contributed by atoms with Gasteiger partial charge in [-0.1, -0.05) is 18.2 Å². The van der Waals surface area contributed by atoms with Gasteiger partial charge in [0.1, 0.15) is 5.82 Å². The topological polar surface area (TPSA) is 83.5 Å². The Hall–Kier alpha value is -1.96. The van der Waals surface area contributed by atoms with Crippen molar-refractivity contribution in [3.8, 4) is 0 Å². The zero-order valence-corrected chi connectivity index (χ0v) is 13.9. The molecule has 2 amide bonds. The first-order valence-electron chi connectivity index (χ1n) is 7.86. The fraction of sp³-hybridized carbons (Fsp3) is 0.500. The molecule has 0 radical (unpaired) electrons. The van der Waals surface area contributed by atoms with E-state index in [9.17, 15) is 22.4 Å². The van der Waals surface area contributed by atoms with E-state index >= 15 is 0 Å². The summed E-state index contributed by atoms with van der Waals surface area (Å²) in [5.74, 6) is -1.36. The molecule has 2 aliphatic heterocycles. The van der Waals surface area contributed by atoms with E-state index in [0.29, 0.717) is 12.0 Å². The third-order valence-corrected chi connectivity index (χ3v) is 6.25. The van der Waals surface area contributed by atoms with Gasteiger partial charge in [0.15, 0.2) is 9.84 Å². The normalized spacial score (nSPS) is 25.9. The van der Waals surface area contributed by atoms with E-state index in [4.69, 9.17) is 0 Å². The number of carbonyl (C=O) groups is 2. The Morgan fingerprint density at radius 1 is 1.33 bits per heavy atom. The molecule has 2 fully saturated rings. The number of benzene rings is 1. The van der Waals surface area contributed by atoms with Gasteiger partial charge in [0.05, 0.1) is 17.4 Å². The highest BCUT2D eigenvalue weighted by atomic mass is 32.2. The first-order chi connectivity index (χ1) is 11.3. The molecule has 0 spiro atoms. The number of carbonyl (C=O) groups excluding carboxylic acids is 2. The second-order valence-corrected chi connectivity index (χ2v) is 8.60. The maximum Gasteiger partial charge on any atom is 0.225 e. The monoisotopic (exact) mass is 354 g/mol. The average molecular weight is 354 g/mol. The van der Waals surface area contributed by atoms with Crippen molar-refractivity contribution in [1.82, 2.24) is 10.2 Å². The van der Waals surface area contributed by atoms with E-state index in [-0.39, 0.29) is 54.7 Å². The van der Waals surface area contributed by atoms with E-state index in [0.717, 1.165) is 0 Å². The van der Waals surface area contributed by atoms with E-state index in [1.54, 1.807) is 18.2 Å². The Bertz CT molecular complexity index is 765. The Balaban J connectivity index is 1.58. The molecule has 8 heteroatoms. The number of hydrogen-bond acceptors (Lipinski definition) is 4. The number of likely N-dealkylation sites (tertiary alicyclic amines) is 1. The van der Waals surface area contributed by atoms with Gasteiger partial charge < -0.3 is 10.2 Å². The van der Waals surface area contributed by atoms with Crippen molar-refractivity contribution in [2.24, 2.45) is 5.92 Å². The fourth-order valence-corrected chi connectivity index (χ4v) is 4.83. The molecule has 0 bridgehead atoms. The highest BCUT2D eigenvalue weighted by molar-refractivity contribution is 7.91. The van der Waals surface area contributed by atoms with Crippen LogP contribution >= 0.6 is 0 Å². The predicted octanol–water partition coefficient (Wildman–Crippen LogP) is 0.477. The average Bonchev–Trinajstić information content (AvgIpc) is 3.04. The van der Waals surface area contributed by atoms with Crippen LogP contribution in [0, 0.1) is 11.7 Å². The van der Waals surface area contributed by atoms with E-state index < -0.39 is 15.8 Å². The standard InChI is InChI=1S/C16H19FN2O4S/c17-14-4-2-1-3-11(14)8-19-9-12(7-15(19)20)16(21)18-13-5-6-24(22,23)10-13/h1-4,12-13H,5-10H2,(H,18,21). The second kappa shape index (κ2) is 6.51. The van der Waals surface area contributed by atoms with Crippen molar-refractivity contribution in [3.63, 3.8) is 0 Å². The highest BCUT2D eigenvalue weighted by Crippen LogP contribution is 2.22. The van der Waals surface area contributed by atoms with E-state index in [2.05, 4.69) is 5.32 Å². The lowest BCUT2D eigenvalue weighted by Gasteiger charge is -2.18. The highest BCUT2D eigenvalue weighted by Gasteiger charge is 2.37. The first kappa shape index (κ1) is 16.9. The summed E-state index contributed by atoms with van der Waals surface area (Å²) in [5, 5.41) is 2.72. The van der Waals surface area contributed by atoms with Crippen LogP contribution in [-0.2, 0) is 26.0 Å². The summed E-state index contributed by atoms with van der Waals surface area (Å²) in [6, 6.07) is 5.85. The van der Waals surface area contributed by atoms with Gasteiger partial charge in [-0.25, -0.2) is 12.8 Å². The van der Waals surface area contributed by atoms with Gasteiger partial charge in [0.2, 0.25) is 11.8 Å². The number of nitrogens with one attached hydrogen (secondary N) is 1. The molecule has 2 heterocycles. The SMILES string of the molecule is O=C(NC1CCS(=O)(=O)C1)C1CC(=O)N(Cc2ccccc2F)C1. The lowest BCUT2D eigenvalue weighted by atomic mass is 10.1. The fourth-order valence-electron chi connectivity index (χ4n) is 3.16. The maximum absolute atomic E-state index is 13.7. The lowest BCUT2D eigenvalue weighted by Crippen LogP contribution is -2.40. The van der Waals surface area contributed by atoms with Gasteiger partial charge in [-0.05, 0) is 12.5 Å². The van der Waals surface area contributed by atoms with Crippen molar-refractivity contribution in [1.29, 1.82) is 0 Å². The summed E-state index contributed by atoms with van der Waals surface area (Å²) >= 11 is 0. The molecule has 24 heavy (non-hydrogen) atoms. The second-order valence-electron chi connectivity index (χ2n) is 6.38. The molecule has 0 saturated carbocycles. The van der Waals surface area contributed by atoms with E-state index in [1.807, 2.05) is 0 Å². The summed E-state index contributed by atoms with van der Waals surface area (Å²) in [5.41, 5.74) is 0.411. The van der Waals surface area contributed by atoms with Crippen LogP contribution in [0.3, 0.4) is 0 Å². The summed E-state index contributed by atoms with van der Waals surface area (Å²) in [6.45, 7) is 0.353. The minimum atomic E-state index is -3.07. The molecule has 0 aliphatic carbocycles. The van der Waals surface area contributed by atoms with Crippen LogP contribution in [0.5, 0.6) is 0 Å². The Morgan fingerprint density at radius 2 is 2.08 bits per heavy atom. The van der Waals surface area contributed by atoms with Gasteiger partial charge in [0, 0.05) is 31.1 Å². The van der Waals surface area contributed by atoms with E-state index in [1.165, 1.54) is 11.0 Å². The molecule has 6 nitrogen and oxygen atoms in total. The molecule has 1 N–H and O–H groups in total. The minimum Gasteiger partial charge on any atom is -0.352 e. The van der Waals surface area contributed by atoms with Crippen molar-refractivity contribution in [3.05, 3.63) is 35.6 Å². The van der Waals surface area contributed by atoms with Crippen molar-refractivity contribution in [2.75, 3.05) is 18.1 Å². The Kier molecular flexibility index (Phi) is 4.58. The van der Waals surface area contributed by atoms with Crippen LogP contribution < -0.4 is 5.32 Å². The van der Waals surface area contributed by atoms with Crippen molar-refractivity contribution >= 4 is 21.7 Å². The summed E-state index contributed by atoms with van der Waals surface area (Å²) in [7, 11) is -3.07. The molecule has 2 saturated heterocycles. The Labute approximate surface area is 139 Å². The first-order valence-corrected chi connectivity index (χ1v) is 9.68. The molecule has 2 atom stereocenters. The van der Waals surface area contributed by atoms with Crippen molar-refractivity contribution in [2.45, 2.75) is 25.4 Å². The molecule has 1 aromatic rings. The molecule has 1 aromatic carbocycles. The molecular weight excluding hydrogens is 335 g/mol. The molecule has 3 rings (SSSR count). The predicted molar refractivity (Wildman–Crippen MR) is 85.1 cm³/mol. The van der Waals surface area contributed by atoms with Gasteiger partial charge in [-0.15, -0.1) is 0 Å². The van der Waals surface area contributed by atoms with Gasteiger partial charge in [-0.3, -0.25) is 9.59 Å². The quantitative estimate of drug-likeness (QED) is 0.852. The Morgan fingerprint density at radius 3 is 2.75 bits per heavy atom. The van der Waals surface area contributed by atoms with Crippen LogP contribution in [0.4, 0.5) is 4.39 Å². The molecule has 0 aromatic heterocycles. The largest absolute Gasteiger partial charge is 0.352 e. The van der Waals surface area contributed by atoms with Crippen molar-refractivity contribution < 1.29 is 22.4 Å². The van der Waals surface area contributed by atoms with Crippen LogP contribution in [0.25, 0.3) is 0 Å². The molecule has 130 valence electrons. The molecular formula is C16H19FN2O4S. The van der Waals surface area contributed by atoms with Crippen LogP contribution in [0.2, 0.25) is 0 Å². The van der Waals surface area contributed by atoms with Gasteiger partial charge in [-0.2, -0.15) is 0 Å².